The smallest absolute Gasteiger partial charge is 0.0130 e. The number of nitrogens with two attached hydrogens (primary N) is 1. The molecule has 0 aromatic heterocycles. The van der Waals surface area contributed by atoms with E-state index in [9.17, 15) is 0 Å². The van der Waals surface area contributed by atoms with Gasteiger partial charge in [0.1, 0.15) is 0 Å². The molecule has 0 spiro atoms. The second-order valence-electron chi connectivity index (χ2n) is 4.07. The molecule has 0 aromatic rings. The Morgan fingerprint density at radius 1 is 1.29 bits per heavy atom. The standard InChI is InChI=1S/C12H25NS/c1-4-5-6-7-8-9-12(13)10-14-11(2)3/h4,11-12H,1,5-10,13H2,2-3H3. The van der Waals surface area contributed by atoms with Crippen molar-refractivity contribution >= 4 is 11.8 Å². The third-order valence-corrected chi connectivity index (χ3v) is 3.41. The van der Waals surface area contributed by atoms with Crippen LogP contribution in [0.5, 0.6) is 0 Å². The fourth-order valence-electron chi connectivity index (χ4n) is 1.27. The molecule has 0 saturated heterocycles. The van der Waals surface area contributed by atoms with Crippen LogP contribution in [-0.4, -0.2) is 17.0 Å². The van der Waals surface area contributed by atoms with Crippen molar-refractivity contribution in [3.8, 4) is 0 Å². The van der Waals surface area contributed by atoms with Gasteiger partial charge in [-0.25, -0.2) is 0 Å². The van der Waals surface area contributed by atoms with Crippen LogP contribution in [0.25, 0.3) is 0 Å². The van der Waals surface area contributed by atoms with Crippen molar-refractivity contribution in [2.75, 3.05) is 5.75 Å². The summed E-state index contributed by atoms with van der Waals surface area (Å²) in [6.45, 7) is 8.16. The van der Waals surface area contributed by atoms with Crippen molar-refractivity contribution in [2.45, 2.75) is 57.2 Å². The molecule has 0 rings (SSSR count). The summed E-state index contributed by atoms with van der Waals surface area (Å²) < 4.78 is 0. The van der Waals surface area contributed by atoms with Crippen molar-refractivity contribution in [1.29, 1.82) is 0 Å². The molecule has 0 aromatic carbocycles. The Morgan fingerprint density at radius 2 is 2.00 bits per heavy atom. The van der Waals surface area contributed by atoms with Crippen molar-refractivity contribution in [2.24, 2.45) is 5.73 Å². The average Bonchev–Trinajstić information content (AvgIpc) is 2.14. The highest BCUT2D eigenvalue weighted by atomic mass is 32.2. The summed E-state index contributed by atoms with van der Waals surface area (Å²) in [5, 5.41) is 0.710. The van der Waals surface area contributed by atoms with Gasteiger partial charge in [-0.05, 0) is 24.5 Å². The SMILES string of the molecule is C=CCCCCCC(N)CSC(C)C. The Morgan fingerprint density at radius 3 is 2.57 bits per heavy atom. The molecule has 2 N–H and O–H groups in total. The molecule has 0 aliphatic rings. The Balaban J connectivity index is 3.17. The molecule has 1 nitrogen and oxygen atoms in total. The number of unbranched alkanes of at least 4 members (excludes halogenated alkanes) is 3. The Bertz CT molecular complexity index is 134. The lowest BCUT2D eigenvalue weighted by Crippen LogP contribution is -2.23. The van der Waals surface area contributed by atoms with Gasteiger partial charge in [-0.1, -0.05) is 32.8 Å². The molecule has 0 heterocycles. The van der Waals surface area contributed by atoms with Crippen LogP contribution >= 0.6 is 11.8 Å². The van der Waals surface area contributed by atoms with E-state index in [0.717, 1.165) is 12.2 Å². The summed E-state index contributed by atoms with van der Waals surface area (Å²) in [5.74, 6) is 1.11. The van der Waals surface area contributed by atoms with Crippen LogP contribution < -0.4 is 5.73 Å². The number of thioether (sulfide) groups is 1. The van der Waals surface area contributed by atoms with E-state index in [0.29, 0.717) is 11.3 Å². The Hall–Kier alpha value is 0.0500. The molecule has 0 fully saturated rings. The molecule has 0 bridgehead atoms. The predicted octanol–water partition coefficient (Wildman–Crippen LogP) is 3.59. The molecule has 0 aliphatic carbocycles. The molecular weight excluding hydrogens is 190 g/mol. The van der Waals surface area contributed by atoms with Crippen molar-refractivity contribution in [3.63, 3.8) is 0 Å². The van der Waals surface area contributed by atoms with E-state index >= 15 is 0 Å². The van der Waals surface area contributed by atoms with Gasteiger partial charge in [-0.2, -0.15) is 11.8 Å². The molecule has 0 radical (unpaired) electrons. The van der Waals surface area contributed by atoms with Gasteiger partial charge in [0, 0.05) is 11.8 Å². The summed E-state index contributed by atoms with van der Waals surface area (Å²) >= 11 is 1.97. The average molecular weight is 215 g/mol. The predicted molar refractivity (Wildman–Crippen MR) is 68.9 cm³/mol. The molecule has 0 saturated carbocycles. The lowest BCUT2D eigenvalue weighted by Gasteiger charge is -2.12. The van der Waals surface area contributed by atoms with Crippen LogP contribution in [0, 0.1) is 0 Å². The molecule has 1 unspecified atom stereocenters. The zero-order valence-electron chi connectivity index (χ0n) is 9.67. The van der Waals surface area contributed by atoms with Crippen LogP contribution in [0.3, 0.4) is 0 Å². The monoisotopic (exact) mass is 215 g/mol. The summed E-state index contributed by atoms with van der Waals surface area (Å²) in [6.07, 6.45) is 8.16. The maximum atomic E-state index is 6.00. The first-order valence-electron chi connectivity index (χ1n) is 5.65. The highest BCUT2D eigenvalue weighted by molar-refractivity contribution is 7.99. The quantitative estimate of drug-likeness (QED) is 0.470. The van der Waals surface area contributed by atoms with Gasteiger partial charge in [0.25, 0.3) is 0 Å². The fraction of sp³-hybridized carbons (Fsp3) is 0.833. The molecule has 14 heavy (non-hydrogen) atoms. The van der Waals surface area contributed by atoms with Crippen LogP contribution in [-0.2, 0) is 0 Å². The van der Waals surface area contributed by atoms with E-state index in [1.807, 2.05) is 17.8 Å². The van der Waals surface area contributed by atoms with E-state index in [2.05, 4.69) is 20.4 Å². The van der Waals surface area contributed by atoms with Crippen molar-refractivity contribution in [1.82, 2.24) is 0 Å². The normalized spacial score (nSPS) is 13.1. The molecule has 0 aliphatic heterocycles. The summed E-state index contributed by atoms with van der Waals surface area (Å²) in [7, 11) is 0. The van der Waals surface area contributed by atoms with Crippen LogP contribution in [0.1, 0.15) is 46.0 Å². The second-order valence-corrected chi connectivity index (χ2v) is 5.68. The highest BCUT2D eigenvalue weighted by Gasteiger charge is 2.03. The van der Waals surface area contributed by atoms with Crippen LogP contribution in [0.4, 0.5) is 0 Å². The van der Waals surface area contributed by atoms with Crippen molar-refractivity contribution < 1.29 is 0 Å². The Kier molecular flexibility index (Phi) is 9.63. The minimum atomic E-state index is 0.395. The lowest BCUT2D eigenvalue weighted by atomic mass is 10.1. The van der Waals surface area contributed by atoms with Gasteiger partial charge in [0.2, 0.25) is 0 Å². The van der Waals surface area contributed by atoms with Gasteiger partial charge in [-0.15, -0.1) is 6.58 Å². The summed E-state index contributed by atoms with van der Waals surface area (Å²) in [6, 6.07) is 0.395. The van der Waals surface area contributed by atoms with Crippen molar-refractivity contribution in [3.05, 3.63) is 12.7 Å². The summed E-state index contributed by atoms with van der Waals surface area (Å²) in [4.78, 5) is 0. The van der Waals surface area contributed by atoms with Crippen LogP contribution in [0.15, 0.2) is 12.7 Å². The molecule has 84 valence electrons. The third kappa shape index (κ3) is 10.1. The zero-order chi connectivity index (χ0) is 10.8. The van der Waals surface area contributed by atoms with E-state index in [-0.39, 0.29) is 0 Å². The number of hydrogen-bond acceptors (Lipinski definition) is 2. The number of rotatable bonds is 9. The maximum Gasteiger partial charge on any atom is 0.0130 e. The third-order valence-electron chi connectivity index (χ3n) is 2.13. The molecule has 1 atom stereocenters. The van der Waals surface area contributed by atoms with Gasteiger partial charge in [-0.3, -0.25) is 0 Å². The Labute approximate surface area is 93.5 Å². The van der Waals surface area contributed by atoms with Gasteiger partial charge < -0.3 is 5.73 Å². The van der Waals surface area contributed by atoms with Gasteiger partial charge in [0.15, 0.2) is 0 Å². The van der Waals surface area contributed by atoms with E-state index < -0.39 is 0 Å². The number of hydrogen-bond donors (Lipinski definition) is 1. The molecular formula is C12H25NS. The maximum absolute atomic E-state index is 6.00. The molecule has 2 heteroatoms. The summed E-state index contributed by atoms with van der Waals surface area (Å²) in [5.41, 5.74) is 6.00. The minimum absolute atomic E-state index is 0.395. The largest absolute Gasteiger partial charge is 0.327 e. The fourth-order valence-corrected chi connectivity index (χ4v) is 2.07. The van der Waals surface area contributed by atoms with E-state index in [4.69, 9.17) is 5.73 Å². The highest BCUT2D eigenvalue weighted by Crippen LogP contribution is 2.13. The second kappa shape index (κ2) is 9.60. The first-order chi connectivity index (χ1) is 6.66. The molecule has 0 amide bonds. The van der Waals surface area contributed by atoms with Gasteiger partial charge in [0.05, 0.1) is 0 Å². The van der Waals surface area contributed by atoms with Crippen LogP contribution in [0.2, 0.25) is 0 Å². The first-order valence-corrected chi connectivity index (χ1v) is 6.69. The van der Waals surface area contributed by atoms with E-state index in [1.165, 1.54) is 25.7 Å². The lowest BCUT2D eigenvalue weighted by molar-refractivity contribution is 0.586. The zero-order valence-corrected chi connectivity index (χ0v) is 10.5. The minimum Gasteiger partial charge on any atom is -0.327 e. The van der Waals surface area contributed by atoms with E-state index in [1.54, 1.807) is 0 Å². The topological polar surface area (TPSA) is 26.0 Å². The van der Waals surface area contributed by atoms with Gasteiger partial charge >= 0.3 is 0 Å². The number of allylic oxidation sites excluding steroid dienone is 1. The first kappa shape index (κ1) is 14.1.